The zero-order valence-corrected chi connectivity index (χ0v) is 20.6. The zero-order chi connectivity index (χ0) is 25.5. The van der Waals surface area contributed by atoms with Gasteiger partial charge in [0.1, 0.15) is 22.9 Å². The lowest BCUT2D eigenvalue weighted by molar-refractivity contribution is -0.119. The van der Waals surface area contributed by atoms with Crippen LogP contribution in [0, 0.1) is 6.92 Å². The molecule has 3 aromatic rings. The van der Waals surface area contributed by atoms with Crippen molar-refractivity contribution in [2.45, 2.75) is 44.8 Å². The Morgan fingerprint density at radius 3 is 2.51 bits per heavy atom. The summed E-state index contributed by atoms with van der Waals surface area (Å²) in [5.41, 5.74) is 12.3. The molecule has 3 rings (SSSR count). The molecule has 0 bridgehead atoms. The molecule has 1 atom stereocenters. The van der Waals surface area contributed by atoms with Crippen molar-refractivity contribution in [1.29, 1.82) is 0 Å². The molecular weight excluding hydrogens is 472 g/mol. The van der Waals surface area contributed by atoms with E-state index < -0.39 is 23.8 Å². The first-order chi connectivity index (χ1) is 16.8. The van der Waals surface area contributed by atoms with Gasteiger partial charge in [-0.1, -0.05) is 49.0 Å². The number of hydrogen-bond acceptors (Lipinski definition) is 9. The molecule has 12 heteroatoms. The van der Waals surface area contributed by atoms with Crippen LogP contribution in [-0.4, -0.2) is 44.9 Å². The number of nitrogens with zero attached hydrogens (tertiary/aromatic N) is 3. The minimum absolute atomic E-state index is 0.0761. The monoisotopic (exact) mass is 500 g/mol. The highest BCUT2D eigenvalue weighted by Crippen LogP contribution is 2.30. The Bertz CT molecular complexity index is 1210. The number of primary amides is 1. The van der Waals surface area contributed by atoms with Crippen LogP contribution in [0.1, 0.15) is 58.3 Å². The van der Waals surface area contributed by atoms with Crippen LogP contribution in [0.5, 0.6) is 0 Å². The summed E-state index contributed by atoms with van der Waals surface area (Å²) in [6.45, 7) is 5.00. The number of aryl methyl sites for hydroxylation is 2. The number of aromatic nitrogens is 3. The zero-order valence-electron chi connectivity index (χ0n) is 19.7. The molecule has 2 amide bonds. The third-order valence-corrected chi connectivity index (χ3v) is 6.15. The second kappa shape index (κ2) is 11.6. The van der Waals surface area contributed by atoms with Crippen molar-refractivity contribution in [3.63, 3.8) is 0 Å². The predicted molar refractivity (Wildman–Crippen MR) is 131 cm³/mol. The standard InChI is InChI=1S/C23H28N6O5S/c1-4-15(29-22(25)27-28-23(29)35-12-11-14-9-7-6-8-10-14)19(31)26-20-17(18(24)30)16(13(3)34-20)21(32)33-5-2/h6-10,15H,4-5,11-12H2,1-3H3,(H2,24,30)(H2,25,27)(H,26,31). The minimum atomic E-state index is -0.936. The van der Waals surface area contributed by atoms with E-state index in [0.29, 0.717) is 17.3 Å². The maximum absolute atomic E-state index is 13.3. The summed E-state index contributed by atoms with van der Waals surface area (Å²) in [5.74, 6) is -1.59. The Hall–Kier alpha value is -3.80. The van der Waals surface area contributed by atoms with Crippen LogP contribution in [0.15, 0.2) is 39.9 Å². The van der Waals surface area contributed by atoms with Gasteiger partial charge in [0.15, 0.2) is 5.16 Å². The number of carbonyl (C=O) groups excluding carboxylic acids is 3. The van der Waals surface area contributed by atoms with Gasteiger partial charge in [0.05, 0.1) is 6.61 Å². The number of amides is 2. The molecule has 1 unspecified atom stereocenters. The minimum Gasteiger partial charge on any atom is -0.462 e. The highest BCUT2D eigenvalue weighted by Gasteiger charge is 2.32. The Morgan fingerprint density at radius 1 is 1.17 bits per heavy atom. The van der Waals surface area contributed by atoms with Crippen LogP contribution in [0.2, 0.25) is 0 Å². The molecule has 0 saturated carbocycles. The summed E-state index contributed by atoms with van der Waals surface area (Å²) in [7, 11) is 0. The van der Waals surface area contributed by atoms with Crippen molar-refractivity contribution in [1.82, 2.24) is 14.8 Å². The van der Waals surface area contributed by atoms with Crippen molar-refractivity contribution >= 4 is 41.4 Å². The number of furan rings is 1. The highest BCUT2D eigenvalue weighted by atomic mass is 32.2. The Labute approximate surface area is 206 Å². The summed E-state index contributed by atoms with van der Waals surface area (Å²) in [5, 5.41) is 11.1. The predicted octanol–water partition coefficient (Wildman–Crippen LogP) is 2.96. The summed E-state index contributed by atoms with van der Waals surface area (Å²) in [6.07, 6.45) is 1.14. The maximum Gasteiger partial charge on any atom is 0.342 e. The molecule has 0 aliphatic heterocycles. The van der Waals surface area contributed by atoms with Gasteiger partial charge in [0.2, 0.25) is 17.7 Å². The molecule has 1 aromatic carbocycles. The average Bonchev–Trinajstić information content (AvgIpc) is 3.34. The van der Waals surface area contributed by atoms with Gasteiger partial charge >= 0.3 is 5.97 Å². The first-order valence-electron chi connectivity index (χ1n) is 11.1. The molecule has 5 N–H and O–H groups in total. The summed E-state index contributed by atoms with van der Waals surface area (Å²) in [4.78, 5) is 37.7. The van der Waals surface area contributed by atoms with Gasteiger partial charge in [-0.3, -0.25) is 19.5 Å². The first-order valence-corrected chi connectivity index (χ1v) is 12.0. The molecule has 11 nitrogen and oxygen atoms in total. The maximum atomic E-state index is 13.3. The second-order valence-electron chi connectivity index (χ2n) is 7.53. The third-order valence-electron chi connectivity index (χ3n) is 5.20. The molecule has 2 aromatic heterocycles. The van der Waals surface area contributed by atoms with Gasteiger partial charge in [0, 0.05) is 5.75 Å². The van der Waals surface area contributed by atoms with Crippen LogP contribution in [0.4, 0.5) is 11.8 Å². The van der Waals surface area contributed by atoms with Gasteiger partial charge in [-0.2, -0.15) is 0 Å². The van der Waals surface area contributed by atoms with Gasteiger partial charge < -0.3 is 20.6 Å². The second-order valence-corrected chi connectivity index (χ2v) is 8.59. The van der Waals surface area contributed by atoms with E-state index >= 15 is 0 Å². The molecule has 35 heavy (non-hydrogen) atoms. The highest BCUT2D eigenvalue weighted by molar-refractivity contribution is 7.99. The van der Waals surface area contributed by atoms with E-state index in [1.165, 1.54) is 28.8 Å². The summed E-state index contributed by atoms with van der Waals surface area (Å²) < 4.78 is 12.0. The molecule has 0 aliphatic carbocycles. The lowest BCUT2D eigenvalue weighted by Gasteiger charge is -2.18. The Balaban J connectivity index is 1.82. The van der Waals surface area contributed by atoms with Crippen molar-refractivity contribution in [2.75, 3.05) is 23.4 Å². The number of rotatable bonds is 11. The van der Waals surface area contributed by atoms with E-state index in [-0.39, 0.29) is 35.3 Å². The number of anilines is 2. The lowest BCUT2D eigenvalue weighted by Crippen LogP contribution is -2.28. The van der Waals surface area contributed by atoms with Crippen molar-refractivity contribution in [3.05, 3.63) is 52.8 Å². The molecule has 0 fully saturated rings. The molecule has 0 radical (unpaired) electrons. The van der Waals surface area contributed by atoms with E-state index in [4.69, 9.17) is 20.6 Å². The quantitative estimate of drug-likeness (QED) is 0.265. The van der Waals surface area contributed by atoms with Gasteiger partial charge in [-0.15, -0.1) is 10.2 Å². The first kappa shape index (κ1) is 25.8. The fourth-order valence-electron chi connectivity index (χ4n) is 3.58. The molecule has 0 aliphatic rings. The van der Waals surface area contributed by atoms with Crippen LogP contribution >= 0.6 is 11.8 Å². The number of nitrogens with one attached hydrogen (secondary N) is 1. The van der Waals surface area contributed by atoms with E-state index in [1.807, 2.05) is 30.3 Å². The summed E-state index contributed by atoms with van der Waals surface area (Å²) >= 11 is 1.42. The van der Waals surface area contributed by atoms with Crippen molar-refractivity contribution < 1.29 is 23.5 Å². The number of benzene rings is 1. The Morgan fingerprint density at radius 2 is 1.89 bits per heavy atom. The molecule has 0 saturated heterocycles. The summed E-state index contributed by atoms with van der Waals surface area (Å²) in [6, 6.07) is 9.17. The van der Waals surface area contributed by atoms with Gasteiger partial charge in [-0.25, -0.2) is 4.79 Å². The van der Waals surface area contributed by atoms with E-state index in [2.05, 4.69) is 15.5 Å². The van der Waals surface area contributed by atoms with E-state index in [0.717, 1.165) is 6.42 Å². The van der Waals surface area contributed by atoms with Crippen LogP contribution in [0.3, 0.4) is 0 Å². The number of hydrogen-bond donors (Lipinski definition) is 3. The topological polar surface area (TPSA) is 168 Å². The van der Waals surface area contributed by atoms with Crippen LogP contribution < -0.4 is 16.8 Å². The van der Waals surface area contributed by atoms with Crippen molar-refractivity contribution in [2.24, 2.45) is 5.73 Å². The van der Waals surface area contributed by atoms with E-state index in [1.54, 1.807) is 13.8 Å². The molecule has 186 valence electrons. The number of carbonyl (C=O) groups is 3. The van der Waals surface area contributed by atoms with Crippen LogP contribution in [-0.2, 0) is 16.0 Å². The van der Waals surface area contributed by atoms with E-state index in [9.17, 15) is 14.4 Å². The average molecular weight is 501 g/mol. The molecule has 0 spiro atoms. The number of thioether (sulfide) groups is 1. The smallest absolute Gasteiger partial charge is 0.342 e. The number of esters is 1. The largest absolute Gasteiger partial charge is 0.462 e. The number of nitrogens with two attached hydrogens (primary N) is 2. The fourth-order valence-corrected chi connectivity index (χ4v) is 4.56. The Kier molecular flexibility index (Phi) is 8.53. The number of nitrogen functional groups attached to an aromatic ring is 1. The molecule has 2 heterocycles. The third kappa shape index (κ3) is 5.83. The van der Waals surface area contributed by atoms with Gasteiger partial charge in [-0.05, 0) is 32.3 Å². The number of ether oxygens (including phenoxy) is 1. The van der Waals surface area contributed by atoms with Crippen molar-refractivity contribution in [3.8, 4) is 0 Å². The molecular formula is C23H28N6O5S. The SMILES string of the molecule is CCOC(=O)c1c(C)oc(NC(=O)C(CC)n2c(N)nnc2SCCc2ccccc2)c1C(N)=O. The van der Waals surface area contributed by atoms with Gasteiger partial charge in [0.25, 0.3) is 5.91 Å². The normalized spacial score (nSPS) is 11.7. The van der Waals surface area contributed by atoms with Crippen LogP contribution in [0.25, 0.3) is 0 Å². The lowest BCUT2D eigenvalue weighted by atomic mass is 10.1. The fraction of sp³-hybridized carbons (Fsp3) is 0.348.